The third-order valence-electron chi connectivity index (χ3n) is 6.03. The van der Waals surface area contributed by atoms with Gasteiger partial charge in [-0.3, -0.25) is 14.7 Å². The van der Waals surface area contributed by atoms with Gasteiger partial charge in [-0.25, -0.2) is 19.0 Å². The normalized spacial score (nSPS) is 20.6. The Kier molecular flexibility index (Phi) is 9.28. The first-order chi connectivity index (χ1) is 18.7. The number of aliphatic carboxylic acids is 1. The van der Waals surface area contributed by atoms with Gasteiger partial charge in [-0.15, -0.1) is 11.3 Å². The van der Waals surface area contributed by atoms with Crippen molar-refractivity contribution in [1.82, 2.24) is 15.2 Å². The summed E-state index contributed by atoms with van der Waals surface area (Å²) in [5.41, 5.74) is 0.559. The summed E-state index contributed by atoms with van der Waals surface area (Å²) in [4.78, 5) is 48.4. The van der Waals surface area contributed by atoms with Crippen molar-refractivity contribution in [2.24, 2.45) is 4.99 Å². The van der Waals surface area contributed by atoms with Gasteiger partial charge in [-0.1, -0.05) is 17.7 Å². The second-order valence-corrected chi connectivity index (χ2v) is 9.90. The summed E-state index contributed by atoms with van der Waals surface area (Å²) < 4.78 is 29.7. The van der Waals surface area contributed by atoms with E-state index in [0.717, 1.165) is 6.07 Å². The van der Waals surface area contributed by atoms with Crippen molar-refractivity contribution in [3.05, 3.63) is 62.5 Å². The molecule has 0 aliphatic carbocycles. The molecule has 14 heteroatoms. The first-order valence-electron chi connectivity index (χ1n) is 12.0. The van der Waals surface area contributed by atoms with Gasteiger partial charge in [0.05, 0.1) is 25.4 Å². The molecule has 2 aliphatic heterocycles. The molecule has 0 radical (unpaired) electrons. The maximum atomic E-state index is 13.9. The van der Waals surface area contributed by atoms with Gasteiger partial charge in [0.25, 0.3) is 0 Å². The first kappa shape index (κ1) is 28.6. The quantitative estimate of drug-likeness (QED) is 0.425. The highest BCUT2D eigenvalue weighted by molar-refractivity contribution is 7.11. The van der Waals surface area contributed by atoms with E-state index in [0.29, 0.717) is 16.4 Å². The smallest absolute Gasteiger partial charge is 0.347 e. The van der Waals surface area contributed by atoms with Crippen LogP contribution < -0.4 is 5.32 Å². The molecule has 3 heterocycles. The van der Waals surface area contributed by atoms with E-state index in [2.05, 4.69) is 15.3 Å². The van der Waals surface area contributed by atoms with Crippen LogP contribution >= 0.6 is 22.9 Å². The molecule has 2 aliphatic rings. The lowest BCUT2D eigenvalue weighted by atomic mass is 9.95. The molecule has 1 fully saturated rings. The Morgan fingerprint density at radius 2 is 2.18 bits per heavy atom. The Morgan fingerprint density at radius 1 is 1.38 bits per heavy atom. The van der Waals surface area contributed by atoms with Crippen molar-refractivity contribution in [3.8, 4) is 0 Å². The SMILES string of the molecule is CCOC(=O)[C@@H](C)OC(=O)C1=C(CN2CCOC[C@H]2C(=O)O)NC(c2nccs2)=N[C@H]1c1ccc(F)cc1Cl. The minimum atomic E-state index is -1.24. The maximum absolute atomic E-state index is 13.9. The van der Waals surface area contributed by atoms with E-state index in [9.17, 15) is 23.9 Å². The van der Waals surface area contributed by atoms with Crippen LogP contribution in [-0.4, -0.2) is 83.8 Å². The van der Waals surface area contributed by atoms with Crippen molar-refractivity contribution in [2.45, 2.75) is 32.0 Å². The Bertz CT molecular complexity index is 1300. The summed E-state index contributed by atoms with van der Waals surface area (Å²) in [6.07, 6.45) is 0.343. The Morgan fingerprint density at radius 3 is 2.85 bits per heavy atom. The number of carboxylic acids is 1. The molecule has 3 atom stereocenters. The van der Waals surface area contributed by atoms with Gasteiger partial charge in [0.1, 0.15) is 17.9 Å². The number of benzene rings is 1. The topological polar surface area (TPSA) is 140 Å². The first-order valence-corrected chi connectivity index (χ1v) is 13.3. The summed E-state index contributed by atoms with van der Waals surface area (Å²) in [7, 11) is 0. The van der Waals surface area contributed by atoms with Crippen LogP contribution in [0.3, 0.4) is 0 Å². The fraction of sp³-hybridized carbons (Fsp3) is 0.400. The lowest BCUT2D eigenvalue weighted by Crippen LogP contribution is -2.52. The number of halogens is 2. The predicted molar refractivity (Wildman–Crippen MR) is 139 cm³/mol. The van der Waals surface area contributed by atoms with E-state index >= 15 is 0 Å². The number of aliphatic imine (C=N–C) groups is 1. The number of hydrogen-bond acceptors (Lipinski definition) is 11. The number of morpholine rings is 1. The van der Waals surface area contributed by atoms with Crippen LogP contribution in [0.2, 0.25) is 5.02 Å². The minimum absolute atomic E-state index is 0.0158. The summed E-state index contributed by atoms with van der Waals surface area (Å²) in [5, 5.41) is 15.1. The van der Waals surface area contributed by atoms with E-state index in [1.807, 2.05) is 0 Å². The molecular formula is C25H26ClFN4O7S. The second-order valence-electron chi connectivity index (χ2n) is 8.60. The molecule has 39 heavy (non-hydrogen) atoms. The zero-order valence-electron chi connectivity index (χ0n) is 21.1. The number of nitrogens with zero attached hydrogens (tertiary/aromatic N) is 3. The number of nitrogens with one attached hydrogen (secondary N) is 1. The molecule has 2 N–H and O–H groups in total. The van der Waals surface area contributed by atoms with Crippen LogP contribution in [0, 0.1) is 5.82 Å². The zero-order chi connectivity index (χ0) is 28.1. The highest BCUT2D eigenvalue weighted by Crippen LogP contribution is 2.37. The molecule has 2 aromatic rings. The predicted octanol–water partition coefficient (Wildman–Crippen LogP) is 2.56. The summed E-state index contributed by atoms with van der Waals surface area (Å²) in [6, 6.07) is 1.64. The summed E-state index contributed by atoms with van der Waals surface area (Å²) >= 11 is 7.70. The van der Waals surface area contributed by atoms with E-state index in [1.165, 1.54) is 30.4 Å². The molecule has 1 aromatic carbocycles. The van der Waals surface area contributed by atoms with Gasteiger partial charge in [0, 0.05) is 40.9 Å². The highest BCUT2D eigenvalue weighted by Gasteiger charge is 2.38. The van der Waals surface area contributed by atoms with Gasteiger partial charge in [-0.2, -0.15) is 0 Å². The Balaban J connectivity index is 1.82. The summed E-state index contributed by atoms with van der Waals surface area (Å²) in [5.74, 6) is -2.99. The molecule has 0 amide bonds. The minimum Gasteiger partial charge on any atom is -0.480 e. The molecule has 0 saturated carbocycles. The molecule has 208 valence electrons. The lowest BCUT2D eigenvalue weighted by molar-refractivity contribution is -0.164. The number of esters is 2. The monoisotopic (exact) mass is 580 g/mol. The van der Waals surface area contributed by atoms with Crippen molar-refractivity contribution in [2.75, 3.05) is 32.9 Å². The number of thiazole rings is 1. The Labute approximate surface area is 232 Å². The Hall–Kier alpha value is -3.39. The largest absolute Gasteiger partial charge is 0.480 e. The zero-order valence-corrected chi connectivity index (χ0v) is 22.6. The van der Waals surface area contributed by atoms with E-state index in [1.54, 1.807) is 23.4 Å². The average molecular weight is 581 g/mol. The number of carboxylic acid groups (broad SMARTS) is 1. The maximum Gasteiger partial charge on any atom is 0.347 e. The van der Waals surface area contributed by atoms with Crippen LogP contribution in [0.15, 0.2) is 46.0 Å². The van der Waals surface area contributed by atoms with Gasteiger partial charge in [0.2, 0.25) is 0 Å². The van der Waals surface area contributed by atoms with Crippen LogP contribution in [0.4, 0.5) is 4.39 Å². The molecule has 4 rings (SSSR count). The molecule has 0 spiro atoms. The van der Waals surface area contributed by atoms with Gasteiger partial charge in [0.15, 0.2) is 16.9 Å². The standard InChI is InChI=1S/C25H26ClFN4O7S/c1-3-37-24(34)13(2)38-25(35)19-17(11-31-7-8-36-12-18(31)23(32)33)29-21(22-28-6-9-39-22)30-20(19)15-5-4-14(27)10-16(15)26/h4-6,9-10,13,18,20H,3,7-8,11-12H2,1-2H3,(H,29,30)(H,32,33)/t13-,18+,20+/m1/s1. The van der Waals surface area contributed by atoms with Gasteiger partial charge in [-0.05, 0) is 26.0 Å². The molecule has 1 aromatic heterocycles. The van der Waals surface area contributed by atoms with Crippen molar-refractivity contribution < 1.29 is 38.1 Å². The molecule has 11 nitrogen and oxygen atoms in total. The van der Waals surface area contributed by atoms with Crippen LogP contribution in [-0.2, 0) is 28.6 Å². The highest BCUT2D eigenvalue weighted by atomic mass is 35.5. The van der Waals surface area contributed by atoms with E-state index in [-0.39, 0.29) is 49.2 Å². The number of rotatable bonds is 9. The van der Waals surface area contributed by atoms with E-state index < -0.39 is 41.9 Å². The number of amidine groups is 1. The number of ether oxygens (including phenoxy) is 3. The fourth-order valence-electron chi connectivity index (χ4n) is 4.15. The van der Waals surface area contributed by atoms with Crippen LogP contribution in [0.1, 0.15) is 30.5 Å². The lowest BCUT2D eigenvalue weighted by Gasteiger charge is -2.35. The third kappa shape index (κ3) is 6.61. The molecule has 1 saturated heterocycles. The van der Waals surface area contributed by atoms with E-state index in [4.69, 9.17) is 25.8 Å². The third-order valence-corrected chi connectivity index (χ3v) is 7.13. The van der Waals surface area contributed by atoms with Crippen molar-refractivity contribution in [1.29, 1.82) is 0 Å². The molecular weight excluding hydrogens is 555 g/mol. The van der Waals surface area contributed by atoms with Gasteiger partial charge >= 0.3 is 17.9 Å². The van der Waals surface area contributed by atoms with Gasteiger partial charge < -0.3 is 24.6 Å². The average Bonchev–Trinajstić information content (AvgIpc) is 3.44. The van der Waals surface area contributed by atoms with Crippen LogP contribution in [0.25, 0.3) is 0 Å². The number of carbonyl (C=O) groups excluding carboxylic acids is 2. The summed E-state index contributed by atoms with van der Waals surface area (Å²) in [6.45, 7) is 3.59. The number of aromatic nitrogens is 1. The fourth-order valence-corrected chi connectivity index (χ4v) is 5.01. The molecule has 0 unspecified atom stereocenters. The van der Waals surface area contributed by atoms with Crippen LogP contribution in [0.5, 0.6) is 0 Å². The molecule has 0 bridgehead atoms. The van der Waals surface area contributed by atoms with Crippen molar-refractivity contribution >= 4 is 46.7 Å². The number of hydrogen-bond donors (Lipinski definition) is 2. The number of carbonyl (C=O) groups is 3. The van der Waals surface area contributed by atoms with Crippen molar-refractivity contribution in [3.63, 3.8) is 0 Å². The second kappa shape index (κ2) is 12.6.